The molecule has 7 nitrogen and oxygen atoms in total. The van der Waals surface area contributed by atoms with Crippen molar-refractivity contribution < 1.29 is 19.0 Å². The van der Waals surface area contributed by atoms with Crippen LogP contribution in [0, 0.1) is 0 Å². The van der Waals surface area contributed by atoms with Crippen LogP contribution in [0.2, 0.25) is 5.02 Å². The Morgan fingerprint density at radius 3 is 2.60 bits per heavy atom. The first-order valence-electron chi connectivity index (χ1n) is 13.9. The Kier molecular flexibility index (Phi) is 9.65. The minimum absolute atomic E-state index is 0.228. The molecule has 0 saturated heterocycles. The number of thiophene rings is 1. The summed E-state index contributed by atoms with van der Waals surface area (Å²) in [6.45, 7) is 10.4. The van der Waals surface area contributed by atoms with Gasteiger partial charge in [0.05, 0.1) is 29.0 Å². The summed E-state index contributed by atoms with van der Waals surface area (Å²) in [5.74, 6) is 0.732. The number of esters is 1. The first-order valence-corrected chi connectivity index (χ1v) is 15.9. The fraction of sp³-hybridized carbons (Fsp3) is 0.242. The molecule has 0 N–H and O–H groups in total. The van der Waals surface area contributed by atoms with Crippen LogP contribution >= 0.6 is 34.3 Å². The molecule has 0 spiro atoms. The number of benzene rings is 2. The van der Waals surface area contributed by atoms with E-state index in [1.165, 1.54) is 22.7 Å². The minimum Gasteiger partial charge on any atom is -0.490 e. The third-order valence-electron chi connectivity index (χ3n) is 6.74. The molecule has 2 aromatic heterocycles. The highest BCUT2D eigenvalue weighted by Crippen LogP contribution is 2.36. The van der Waals surface area contributed by atoms with Crippen molar-refractivity contribution in [1.29, 1.82) is 0 Å². The molecule has 0 radical (unpaired) electrons. The molecule has 10 heteroatoms. The Labute approximate surface area is 262 Å². The standard InChI is InChI=1S/C33H31ClN2O5S2/c1-5-9-23-16-22(17-25(39-6-2)30(23)41-19-21-11-13-24(34)14-12-21)18-27-31(37)36-29(26-10-8-15-42-26)28(32(38)40-7-3)20(4)35-33(36)43-27/h5,8,10-18,29H,1,6-7,9,19H2,2-4H3/b27-18+/t29-/m0/s1. The highest BCUT2D eigenvalue weighted by atomic mass is 35.5. The average Bonchev–Trinajstić information content (AvgIpc) is 3.62. The number of ether oxygens (including phenoxy) is 3. The summed E-state index contributed by atoms with van der Waals surface area (Å²) in [4.78, 5) is 33.0. The zero-order chi connectivity index (χ0) is 30.5. The summed E-state index contributed by atoms with van der Waals surface area (Å²) < 4.78 is 19.7. The summed E-state index contributed by atoms with van der Waals surface area (Å²) >= 11 is 8.80. The topological polar surface area (TPSA) is 79.1 Å². The molecule has 1 aliphatic rings. The van der Waals surface area contributed by atoms with Crippen LogP contribution in [0.3, 0.4) is 0 Å². The van der Waals surface area contributed by atoms with Gasteiger partial charge in [-0.05, 0) is 80.1 Å². The van der Waals surface area contributed by atoms with Gasteiger partial charge in [-0.2, -0.15) is 0 Å². The van der Waals surface area contributed by atoms with E-state index in [9.17, 15) is 9.59 Å². The molecular weight excluding hydrogens is 604 g/mol. The summed E-state index contributed by atoms with van der Waals surface area (Å²) in [7, 11) is 0. The SMILES string of the molecule is C=CCc1cc(/C=c2/sc3n(c2=O)[C@@H](c2cccs2)C(C(=O)OCC)=C(C)N=3)cc(OCC)c1OCc1ccc(Cl)cc1. The van der Waals surface area contributed by atoms with Gasteiger partial charge in [-0.3, -0.25) is 9.36 Å². The number of aromatic nitrogens is 1. The van der Waals surface area contributed by atoms with E-state index in [1.54, 1.807) is 24.5 Å². The Morgan fingerprint density at radius 2 is 1.93 bits per heavy atom. The lowest BCUT2D eigenvalue weighted by atomic mass is 10.0. The van der Waals surface area contributed by atoms with Crippen molar-refractivity contribution in [2.45, 2.75) is 39.8 Å². The molecule has 0 saturated carbocycles. The van der Waals surface area contributed by atoms with E-state index in [0.29, 0.717) is 56.8 Å². The van der Waals surface area contributed by atoms with E-state index in [-0.39, 0.29) is 12.2 Å². The quantitative estimate of drug-likeness (QED) is 0.145. The summed E-state index contributed by atoms with van der Waals surface area (Å²) in [6, 6.07) is 14.6. The second-order valence-electron chi connectivity index (χ2n) is 9.67. The highest BCUT2D eigenvalue weighted by Gasteiger charge is 2.33. The Balaban J connectivity index is 1.60. The maximum atomic E-state index is 14.0. The van der Waals surface area contributed by atoms with Crippen LogP contribution in [-0.4, -0.2) is 23.8 Å². The predicted molar refractivity (Wildman–Crippen MR) is 172 cm³/mol. The number of carbonyl (C=O) groups is 1. The second kappa shape index (κ2) is 13.6. The molecule has 0 bridgehead atoms. The third-order valence-corrected chi connectivity index (χ3v) is 8.90. The zero-order valence-corrected chi connectivity index (χ0v) is 26.5. The maximum Gasteiger partial charge on any atom is 0.338 e. The van der Waals surface area contributed by atoms with Crippen molar-refractivity contribution in [3.8, 4) is 11.5 Å². The van der Waals surface area contributed by atoms with Crippen LogP contribution in [0.25, 0.3) is 6.08 Å². The summed E-state index contributed by atoms with van der Waals surface area (Å²) in [6.07, 6.45) is 4.18. The lowest BCUT2D eigenvalue weighted by Crippen LogP contribution is -2.39. The van der Waals surface area contributed by atoms with E-state index in [1.807, 2.05) is 66.9 Å². The largest absolute Gasteiger partial charge is 0.490 e. The molecule has 0 amide bonds. The molecule has 3 heterocycles. The van der Waals surface area contributed by atoms with Gasteiger partial charge in [-0.15, -0.1) is 17.9 Å². The number of rotatable bonds is 11. The molecular formula is C33H31ClN2O5S2. The Bertz CT molecular complexity index is 1850. The molecule has 2 aromatic carbocycles. The van der Waals surface area contributed by atoms with Crippen LogP contribution in [0.5, 0.6) is 11.5 Å². The van der Waals surface area contributed by atoms with E-state index in [2.05, 4.69) is 11.6 Å². The molecule has 1 atom stereocenters. The predicted octanol–water partition coefficient (Wildman–Crippen LogP) is 6.22. The van der Waals surface area contributed by atoms with Crippen molar-refractivity contribution in [3.05, 3.63) is 124 Å². The zero-order valence-electron chi connectivity index (χ0n) is 24.1. The monoisotopic (exact) mass is 634 g/mol. The Hall–Kier alpha value is -3.92. The molecule has 0 fully saturated rings. The van der Waals surface area contributed by atoms with Gasteiger partial charge in [0.2, 0.25) is 0 Å². The number of hydrogen-bond acceptors (Lipinski definition) is 8. The fourth-order valence-electron chi connectivity index (χ4n) is 4.90. The lowest BCUT2D eigenvalue weighted by Gasteiger charge is -2.23. The van der Waals surface area contributed by atoms with Gasteiger partial charge < -0.3 is 14.2 Å². The van der Waals surface area contributed by atoms with Crippen molar-refractivity contribution in [2.75, 3.05) is 13.2 Å². The first-order chi connectivity index (χ1) is 20.8. The van der Waals surface area contributed by atoms with Crippen LogP contribution in [0.15, 0.2) is 87.6 Å². The van der Waals surface area contributed by atoms with Crippen molar-refractivity contribution in [1.82, 2.24) is 4.57 Å². The van der Waals surface area contributed by atoms with E-state index >= 15 is 0 Å². The van der Waals surface area contributed by atoms with Crippen molar-refractivity contribution in [2.24, 2.45) is 4.99 Å². The van der Waals surface area contributed by atoms with Gasteiger partial charge in [-0.1, -0.05) is 47.2 Å². The van der Waals surface area contributed by atoms with Crippen LogP contribution in [0.1, 0.15) is 48.4 Å². The maximum absolute atomic E-state index is 14.0. The van der Waals surface area contributed by atoms with Gasteiger partial charge in [0.25, 0.3) is 5.56 Å². The van der Waals surface area contributed by atoms with Crippen molar-refractivity contribution in [3.63, 3.8) is 0 Å². The smallest absolute Gasteiger partial charge is 0.338 e. The third kappa shape index (κ3) is 6.54. The Morgan fingerprint density at radius 1 is 1.14 bits per heavy atom. The minimum atomic E-state index is -0.614. The molecule has 5 rings (SSSR count). The van der Waals surface area contributed by atoms with Crippen LogP contribution in [-0.2, 0) is 22.6 Å². The highest BCUT2D eigenvalue weighted by molar-refractivity contribution is 7.10. The van der Waals surface area contributed by atoms with E-state index < -0.39 is 12.0 Å². The fourth-order valence-corrected chi connectivity index (χ4v) is 6.89. The number of nitrogens with zero attached hydrogens (tertiary/aromatic N) is 2. The van der Waals surface area contributed by atoms with Crippen LogP contribution in [0.4, 0.5) is 0 Å². The number of thiazole rings is 1. The van der Waals surface area contributed by atoms with Crippen molar-refractivity contribution >= 4 is 46.3 Å². The molecule has 0 unspecified atom stereocenters. The first kappa shape index (κ1) is 30.5. The van der Waals surface area contributed by atoms with Gasteiger partial charge in [0.1, 0.15) is 12.6 Å². The summed E-state index contributed by atoms with van der Waals surface area (Å²) in [5.41, 5.74) is 3.31. The van der Waals surface area contributed by atoms with Gasteiger partial charge >= 0.3 is 5.97 Å². The number of allylic oxidation sites excluding steroid dienone is 2. The normalized spacial score (nSPS) is 14.7. The summed E-state index contributed by atoms with van der Waals surface area (Å²) in [5, 5.41) is 2.59. The van der Waals surface area contributed by atoms with Gasteiger partial charge in [0, 0.05) is 15.5 Å². The molecule has 1 aliphatic heterocycles. The second-order valence-corrected chi connectivity index (χ2v) is 12.1. The number of hydrogen-bond donors (Lipinski definition) is 0. The van der Waals surface area contributed by atoms with Gasteiger partial charge in [0.15, 0.2) is 16.3 Å². The number of carbonyl (C=O) groups excluding carboxylic acids is 1. The van der Waals surface area contributed by atoms with Gasteiger partial charge in [-0.25, -0.2) is 9.79 Å². The molecule has 0 aliphatic carbocycles. The molecule has 222 valence electrons. The van der Waals surface area contributed by atoms with E-state index in [4.69, 9.17) is 25.8 Å². The molecule has 4 aromatic rings. The average molecular weight is 635 g/mol. The number of fused-ring (bicyclic) bond motifs is 1. The molecule has 43 heavy (non-hydrogen) atoms. The van der Waals surface area contributed by atoms with E-state index in [0.717, 1.165) is 21.6 Å². The van der Waals surface area contributed by atoms with Crippen LogP contribution < -0.4 is 24.4 Å². The lowest BCUT2D eigenvalue weighted by molar-refractivity contribution is -0.139. The number of halogens is 1.